The maximum atomic E-state index is 12.2. The van der Waals surface area contributed by atoms with Crippen LogP contribution in [0.4, 0.5) is 0 Å². The third kappa shape index (κ3) is 5.95. The smallest absolute Gasteiger partial charge is 0.260 e. The van der Waals surface area contributed by atoms with Crippen LogP contribution in [0, 0.1) is 0 Å². The van der Waals surface area contributed by atoms with Gasteiger partial charge in [0.25, 0.3) is 5.91 Å². The Balaban J connectivity index is 1.26. The van der Waals surface area contributed by atoms with Gasteiger partial charge in [-0.25, -0.2) is 0 Å². The van der Waals surface area contributed by atoms with E-state index < -0.39 is 0 Å². The minimum Gasteiger partial charge on any atom is -0.493 e. The van der Waals surface area contributed by atoms with Gasteiger partial charge in [0, 0.05) is 64.8 Å². The van der Waals surface area contributed by atoms with E-state index in [0.717, 1.165) is 65.2 Å². The highest BCUT2D eigenvalue weighted by atomic mass is 16.5. The summed E-state index contributed by atoms with van der Waals surface area (Å²) >= 11 is 0. The van der Waals surface area contributed by atoms with E-state index in [1.165, 1.54) is 11.1 Å². The van der Waals surface area contributed by atoms with Crippen LogP contribution in [0.25, 0.3) is 0 Å². The first-order chi connectivity index (χ1) is 15.2. The number of likely N-dealkylation sites (tertiary alicyclic amines) is 1. The molecule has 0 N–H and O–H groups in total. The molecule has 2 aliphatic rings. The van der Waals surface area contributed by atoms with Crippen molar-refractivity contribution in [3.8, 4) is 11.5 Å². The van der Waals surface area contributed by atoms with E-state index in [9.17, 15) is 4.79 Å². The van der Waals surface area contributed by atoms with Crippen molar-refractivity contribution < 1.29 is 14.3 Å². The Morgan fingerprint density at radius 2 is 1.52 bits per heavy atom. The number of nitrogens with zero attached hydrogens (tertiary/aromatic N) is 4. The summed E-state index contributed by atoms with van der Waals surface area (Å²) in [4.78, 5) is 23.2. The summed E-state index contributed by atoms with van der Waals surface area (Å²) in [5.74, 6) is 1.36. The molecule has 166 valence electrons. The Hall–Kier alpha value is -2.64. The molecule has 0 bridgehead atoms. The summed E-state index contributed by atoms with van der Waals surface area (Å²) in [7, 11) is 1.64. The molecule has 2 saturated heterocycles. The van der Waals surface area contributed by atoms with Crippen LogP contribution < -0.4 is 9.47 Å². The molecule has 0 saturated carbocycles. The predicted octanol–water partition coefficient (Wildman–Crippen LogP) is 2.41. The van der Waals surface area contributed by atoms with Gasteiger partial charge in [-0.15, -0.1) is 0 Å². The quantitative estimate of drug-likeness (QED) is 0.649. The zero-order chi connectivity index (χ0) is 21.5. The number of pyridine rings is 1. The highest BCUT2D eigenvalue weighted by Gasteiger charge is 2.20. The van der Waals surface area contributed by atoms with Gasteiger partial charge in [-0.1, -0.05) is 6.07 Å². The fourth-order valence-corrected chi connectivity index (χ4v) is 4.24. The lowest BCUT2D eigenvalue weighted by atomic mass is 10.1. The van der Waals surface area contributed by atoms with E-state index in [4.69, 9.17) is 9.47 Å². The highest BCUT2D eigenvalue weighted by Crippen LogP contribution is 2.29. The van der Waals surface area contributed by atoms with Crippen molar-refractivity contribution in [3.05, 3.63) is 53.9 Å². The fourth-order valence-electron chi connectivity index (χ4n) is 4.24. The molecule has 0 unspecified atom stereocenters. The van der Waals surface area contributed by atoms with Crippen LogP contribution in [-0.2, 0) is 17.9 Å². The second-order valence-electron chi connectivity index (χ2n) is 8.27. The second-order valence-corrected chi connectivity index (χ2v) is 8.27. The van der Waals surface area contributed by atoms with Gasteiger partial charge in [-0.05, 0) is 48.2 Å². The molecule has 7 heteroatoms. The normalized spacial score (nSPS) is 17.6. The van der Waals surface area contributed by atoms with Gasteiger partial charge in [0.05, 0.1) is 7.11 Å². The van der Waals surface area contributed by atoms with Gasteiger partial charge in [-0.2, -0.15) is 0 Å². The van der Waals surface area contributed by atoms with Gasteiger partial charge in [0.2, 0.25) is 0 Å². The Labute approximate surface area is 184 Å². The number of hydrogen-bond acceptors (Lipinski definition) is 6. The highest BCUT2D eigenvalue weighted by molar-refractivity contribution is 5.78. The summed E-state index contributed by atoms with van der Waals surface area (Å²) in [6.45, 7) is 7.79. The van der Waals surface area contributed by atoms with Crippen molar-refractivity contribution in [1.29, 1.82) is 0 Å². The first kappa shape index (κ1) is 21.6. The lowest BCUT2D eigenvalue weighted by molar-refractivity contribution is -0.132. The Morgan fingerprint density at radius 3 is 2.16 bits per heavy atom. The van der Waals surface area contributed by atoms with Crippen molar-refractivity contribution >= 4 is 5.91 Å². The molecule has 1 amide bonds. The van der Waals surface area contributed by atoms with Crippen molar-refractivity contribution in [1.82, 2.24) is 19.7 Å². The number of carbonyl (C=O) groups excluding carboxylic acids is 1. The van der Waals surface area contributed by atoms with Gasteiger partial charge < -0.3 is 14.4 Å². The molecular weight excluding hydrogens is 392 g/mol. The molecule has 2 aromatic rings. The third-order valence-corrected chi connectivity index (χ3v) is 6.06. The van der Waals surface area contributed by atoms with Crippen LogP contribution in [-0.4, -0.2) is 78.6 Å². The molecule has 7 nitrogen and oxygen atoms in total. The first-order valence-electron chi connectivity index (χ1n) is 11.1. The third-order valence-electron chi connectivity index (χ3n) is 6.06. The molecule has 4 rings (SSSR count). The monoisotopic (exact) mass is 424 g/mol. The number of rotatable bonds is 8. The van der Waals surface area contributed by atoms with E-state index in [1.807, 2.05) is 29.4 Å². The number of methoxy groups -OCH3 is 1. The molecule has 0 atom stereocenters. The lowest BCUT2D eigenvalue weighted by Crippen LogP contribution is -2.45. The second kappa shape index (κ2) is 10.6. The standard InChI is InChI=1S/C24H32N4O3/c1-30-23-16-21(4-5-22(23)31-19-24(29)28-10-2-3-11-28)18-27-14-12-26(13-15-27)17-20-6-8-25-9-7-20/h4-9,16H,2-3,10-15,17-19H2,1H3. The molecule has 2 aliphatic heterocycles. The van der Waals surface area contributed by atoms with Crippen LogP contribution in [0.15, 0.2) is 42.7 Å². The van der Waals surface area contributed by atoms with E-state index in [-0.39, 0.29) is 12.5 Å². The Kier molecular flexibility index (Phi) is 7.38. The largest absolute Gasteiger partial charge is 0.493 e. The molecule has 0 aliphatic carbocycles. The van der Waals surface area contributed by atoms with Crippen molar-refractivity contribution in [2.45, 2.75) is 25.9 Å². The summed E-state index contributed by atoms with van der Waals surface area (Å²) < 4.78 is 11.3. The summed E-state index contributed by atoms with van der Waals surface area (Å²) in [6, 6.07) is 10.2. The predicted molar refractivity (Wildman–Crippen MR) is 119 cm³/mol. The van der Waals surface area contributed by atoms with Crippen LogP contribution in [0.5, 0.6) is 11.5 Å². The Morgan fingerprint density at radius 1 is 0.871 bits per heavy atom. The van der Waals surface area contributed by atoms with Gasteiger partial charge >= 0.3 is 0 Å². The average Bonchev–Trinajstić information content (AvgIpc) is 3.35. The molecule has 1 aromatic heterocycles. The molecule has 0 spiro atoms. The number of hydrogen-bond donors (Lipinski definition) is 0. The van der Waals surface area contributed by atoms with Gasteiger partial charge in [0.15, 0.2) is 18.1 Å². The van der Waals surface area contributed by atoms with E-state index >= 15 is 0 Å². The van der Waals surface area contributed by atoms with E-state index in [1.54, 1.807) is 7.11 Å². The topological polar surface area (TPSA) is 58.1 Å². The number of aromatic nitrogens is 1. The number of benzene rings is 1. The molecule has 0 radical (unpaired) electrons. The summed E-state index contributed by atoms with van der Waals surface area (Å²) in [5, 5.41) is 0. The number of carbonyl (C=O) groups is 1. The van der Waals surface area contributed by atoms with Crippen LogP contribution in [0.3, 0.4) is 0 Å². The maximum absolute atomic E-state index is 12.2. The number of piperazine rings is 1. The van der Waals surface area contributed by atoms with Crippen LogP contribution >= 0.6 is 0 Å². The summed E-state index contributed by atoms with van der Waals surface area (Å²) in [5.41, 5.74) is 2.50. The maximum Gasteiger partial charge on any atom is 0.260 e. The van der Waals surface area contributed by atoms with E-state index in [0.29, 0.717) is 11.5 Å². The van der Waals surface area contributed by atoms with Gasteiger partial charge in [-0.3, -0.25) is 19.6 Å². The minimum atomic E-state index is 0.0493. The van der Waals surface area contributed by atoms with Crippen molar-refractivity contribution in [3.63, 3.8) is 0 Å². The van der Waals surface area contributed by atoms with Crippen molar-refractivity contribution in [2.75, 3.05) is 53.0 Å². The van der Waals surface area contributed by atoms with Crippen LogP contribution in [0.2, 0.25) is 0 Å². The van der Waals surface area contributed by atoms with Gasteiger partial charge in [0.1, 0.15) is 0 Å². The minimum absolute atomic E-state index is 0.0493. The molecular formula is C24H32N4O3. The molecule has 2 fully saturated rings. The van der Waals surface area contributed by atoms with Crippen molar-refractivity contribution in [2.24, 2.45) is 0 Å². The fraction of sp³-hybridized carbons (Fsp3) is 0.500. The number of ether oxygens (including phenoxy) is 2. The Bertz CT molecular complexity index is 847. The average molecular weight is 425 g/mol. The molecule has 31 heavy (non-hydrogen) atoms. The SMILES string of the molecule is COc1cc(CN2CCN(Cc3ccncc3)CC2)ccc1OCC(=O)N1CCCC1. The number of amides is 1. The lowest BCUT2D eigenvalue weighted by Gasteiger charge is -2.34. The summed E-state index contributed by atoms with van der Waals surface area (Å²) in [6.07, 6.45) is 5.88. The zero-order valence-electron chi connectivity index (χ0n) is 18.3. The molecule has 1 aromatic carbocycles. The first-order valence-corrected chi connectivity index (χ1v) is 11.1. The molecule has 3 heterocycles. The zero-order valence-corrected chi connectivity index (χ0v) is 18.3. The van der Waals surface area contributed by atoms with Crippen LogP contribution in [0.1, 0.15) is 24.0 Å². The van der Waals surface area contributed by atoms with E-state index in [2.05, 4.69) is 33.0 Å².